The molecule has 1 aromatic carbocycles. The molecular formula is C12H11N3O5. The summed E-state index contributed by atoms with van der Waals surface area (Å²) in [5, 5.41) is 13.0. The number of fused-ring (bicyclic) bond motifs is 2. The van der Waals surface area contributed by atoms with Gasteiger partial charge in [-0.25, -0.2) is 4.79 Å². The van der Waals surface area contributed by atoms with Gasteiger partial charge in [-0.1, -0.05) is 0 Å². The first-order valence-electron chi connectivity index (χ1n) is 5.90. The molecule has 20 heavy (non-hydrogen) atoms. The Kier molecular flexibility index (Phi) is 2.53. The van der Waals surface area contributed by atoms with E-state index in [2.05, 4.69) is 5.10 Å². The molecular weight excluding hydrogens is 266 g/mol. The second-order valence-corrected chi connectivity index (χ2v) is 4.22. The molecule has 104 valence electrons. The number of rotatable bonds is 2. The van der Waals surface area contributed by atoms with Crippen LogP contribution in [-0.2, 0) is 6.54 Å². The number of hydrogen-bond acceptors (Lipinski definition) is 6. The average molecular weight is 277 g/mol. The lowest BCUT2D eigenvalue weighted by Crippen LogP contribution is -2.23. The molecule has 8 heteroatoms. The quantitative estimate of drug-likeness (QED) is 0.764. The zero-order valence-electron chi connectivity index (χ0n) is 10.5. The van der Waals surface area contributed by atoms with Crippen LogP contribution in [0.1, 0.15) is 17.4 Å². The lowest BCUT2D eigenvalue weighted by molar-refractivity contribution is 0.0686. The zero-order valence-corrected chi connectivity index (χ0v) is 10.5. The molecule has 1 aromatic heterocycles. The summed E-state index contributed by atoms with van der Waals surface area (Å²) in [5.41, 5.74) is 5.13. The molecule has 0 unspecified atom stereocenters. The molecule has 2 aromatic rings. The maximum Gasteiger partial charge on any atom is 0.360 e. The highest BCUT2D eigenvalue weighted by atomic mass is 16.7. The van der Waals surface area contributed by atoms with Crippen LogP contribution in [0.3, 0.4) is 0 Å². The van der Waals surface area contributed by atoms with Crippen molar-refractivity contribution in [2.75, 3.05) is 12.5 Å². The summed E-state index contributed by atoms with van der Waals surface area (Å²) in [6.45, 7) is 2.18. The van der Waals surface area contributed by atoms with Crippen LogP contribution in [-0.4, -0.2) is 27.6 Å². The first-order chi connectivity index (χ1) is 9.54. The van der Waals surface area contributed by atoms with Gasteiger partial charge >= 0.3 is 5.97 Å². The molecule has 8 nitrogen and oxygen atoms in total. The van der Waals surface area contributed by atoms with Crippen LogP contribution >= 0.6 is 0 Å². The van der Waals surface area contributed by atoms with Crippen molar-refractivity contribution in [1.29, 1.82) is 0 Å². The fourth-order valence-corrected chi connectivity index (χ4v) is 2.22. The Hall–Kier alpha value is -2.77. The molecule has 1 aliphatic heterocycles. The van der Waals surface area contributed by atoms with Crippen molar-refractivity contribution in [2.24, 2.45) is 0 Å². The van der Waals surface area contributed by atoms with Gasteiger partial charge in [0.2, 0.25) is 17.9 Å². The van der Waals surface area contributed by atoms with Crippen molar-refractivity contribution in [3.63, 3.8) is 0 Å². The number of carboxylic acids is 1. The number of carbonyl (C=O) groups is 1. The van der Waals surface area contributed by atoms with Gasteiger partial charge in [-0.2, -0.15) is 5.10 Å². The zero-order chi connectivity index (χ0) is 14.4. The van der Waals surface area contributed by atoms with Gasteiger partial charge in [0.25, 0.3) is 0 Å². The van der Waals surface area contributed by atoms with E-state index in [1.165, 1.54) is 4.68 Å². The molecule has 1 aliphatic rings. The van der Waals surface area contributed by atoms with Crippen LogP contribution in [0.5, 0.6) is 11.5 Å². The Morgan fingerprint density at radius 3 is 2.95 bits per heavy atom. The van der Waals surface area contributed by atoms with Gasteiger partial charge in [0.15, 0.2) is 11.5 Å². The van der Waals surface area contributed by atoms with Gasteiger partial charge in [0, 0.05) is 12.6 Å². The van der Waals surface area contributed by atoms with Crippen molar-refractivity contribution in [3.05, 3.63) is 22.0 Å². The van der Waals surface area contributed by atoms with E-state index < -0.39 is 17.1 Å². The first kappa shape index (κ1) is 12.3. The molecule has 0 amide bonds. The molecule has 3 rings (SSSR count). The van der Waals surface area contributed by atoms with Gasteiger partial charge in [0.05, 0.1) is 16.6 Å². The number of ether oxygens (including phenoxy) is 2. The molecule has 0 aliphatic carbocycles. The van der Waals surface area contributed by atoms with Crippen LogP contribution in [0, 0.1) is 0 Å². The molecule has 0 saturated heterocycles. The standard InChI is InChI=1S/C12H11N3O5/c1-2-15-5-3-6-11(20-4-19-6)8(13)7(5)10(16)9(14-15)12(17)18/h3H,2,4,13H2,1H3,(H,17,18). The number of carboxylic acid groups (broad SMARTS) is 1. The number of benzene rings is 1. The van der Waals surface area contributed by atoms with Crippen LogP contribution < -0.4 is 20.6 Å². The highest BCUT2D eigenvalue weighted by Crippen LogP contribution is 2.41. The predicted molar refractivity (Wildman–Crippen MR) is 69.2 cm³/mol. The largest absolute Gasteiger partial charge is 0.476 e. The van der Waals surface area contributed by atoms with Gasteiger partial charge < -0.3 is 20.3 Å². The van der Waals surface area contributed by atoms with Crippen molar-refractivity contribution >= 4 is 22.6 Å². The maximum absolute atomic E-state index is 12.2. The first-order valence-corrected chi connectivity index (χ1v) is 5.90. The summed E-state index contributed by atoms with van der Waals surface area (Å²) in [7, 11) is 0. The Balaban J connectivity index is 2.51. The molecule has 0 fully saturated rings. The number of nitrogens with zero attached hydrogens (tertiary/aromatic N) is 2. The van der Waals surface area contributed by atoms with Gasteiger partial charge in [-0.05, 0) is 6.92 Å². The summed E-state index contributed by atoms with van der Waals surface area (Å²) in [5.74, 6) is -0.711. The summed E-state index contributed by atoms with van der Waals surface area (Å²) in [6.07, 6.45) is 0. The number of anilines is 1. The molecule has 0 atom stereocenters. The van der Waals surface area contributed by atoms with Crippen molar-refractivity contribution in [1.82, 2.24) is 9.78 Å². The van der Waals surface area contributed by atoms with Crippen LogP contribution in [0.15, 0.2) is 10.9 Å². The van der Waals surface area contributed by atoms with Crippen LogP contribution in [0.25, 0.3) is 10.9 Å². The number of aryl methyl sites for hydroxylation is 1. The minimum atomic E-state index is -1.39. The topological polar surface area (TPSA) is 117 Å². The minimum absolute atomic E-state index is 0.00931. The summed E-state index contributed by atoms with van der Waals surface area (Å²) < 4.78 is 11.8. The Morgan fingerprint density at radius 2 is 2.30 bits per heavy atom. The molecule has 3 N–H and O–H groups in total. The van der Waals surface area contributed by atoms with Crippen molar-refractivity contribution in [2.45, 2.75) is 13.5 Å². The third kappa shape index (κ3) is 1.51. The molecule has 0 spiro atoms. The minimum Gasteiger partial charge on any atom is -0.476 e. The fourth-order valence-electron chi connectivity index (χ4n) is 2.22. The lowest BCUT2D eigenvalue weighted by Gasteiger charge is -2.11. The van der Waals surface area contributed by atoms with Crippen LogP contribution in [0.2, 0.25) is 0 Å². The Labute approximate surface area is 112 Å². The lowest BCUT2D eigenvalue weighted by atomic mass is 10.1. The Bertz CT molecular complexity index is 796. The monoisotopic (exact) mass is 277 g/mol. The number of hydrogen-bond donors (Lipinski definition) is 2. The van der Waals surface area contributed by atoms with E-state index in [0.29, 0.717) is 17.8 Å². The highest BCUT2D eigenvalue weighted by molar-refractivity contribution is 5.99. The summed E-state index contributed by atoms with van der Waals surface area (Å²) in [6, 6.07) is 1.58. The summed E-state index contributed by atoms with van der Waals surface area (Å²) in [4.78, 5) is 23.3. The second kappa shape index (κ2) is 4.12. The molecule has 0 saturated carbocycles. The van der Waals surface area contributed by atoms with E-state index in [-0.39, 0.29) is 23.6 Å². The van der Waals surface area contributed by atoms with E-state index in [9.17, 15) is 9.59 Å². The van der Waals surface area contributed by atoms with E-state index >= 15 is 0 Å². The number of aromatic carboxylic acids is 1. The average Bonchev–Trinajstić information content (AvgIpc) is 2.87. The fraction of sp³-hybridized carbons (Fsp3) is 0.250. The van der Waals surface area contributed by atoms with Gasteiger partial charge in [-0.3, -0.25) is 9.48 Å². The van der Waals surface area contributed by atoms with E-state index in [1.54, 1.807) is 13.0 Å². The summed E-state index contributed by atoms with van der Waals surface area (Å²) >= 11 is 0. The molecule has 0 radical (unpaired) electrons. The SMILES string of the molecule is CCn1nc(C(=O)O)c(=O)c2c(N)c3c(cc21)OCO3. The molecule has 2 heterocycles. The number of nitrogen functional groups attached to an aromatic ring is 1. The van der Waals surface area contributed by atoms with E-state index in [1.807, 2.05) is 0 Å². The van der Waals surface area contributed by atoms with Gasteiger partial charge in [-0.15, -0.1) is 0 Å². The van der Waals surface area contributed by atoms with Crippen LogP contribution in [0.4, 0.5) is 5.69 Å². The van der Waals surface area contributed by atoms with Crippen molar-refractivity contribution in [3.8, 4) is 11.5 Å². The predicted octanol–water partition coefficient (Wildman–Crippen LogP) is 0.426. The van der Waals surface area contributed by atoms with Gasteiger partial charge in [0.1, 0.15) is 0 Å². The van der Waals surface area contributed by atoms with E-state index in [0.717, 1.165) is 0 Å². The Morgan fingerprint density at radius 1 is 1.55 bits per heavy atom. The molecule has 0 bridgehead atoms. The number of aromatic nitrogens is 2. The normalized spacial score (nSPS) is 12.8. The highest BCUT2D eigenvalue weighted by Gasteiger charge is 2.25. The third-order valence-corrected chi connectivity index (χ3v) is 3.12. The van der Waals surface area contributed by atoms with Crippen molar-refractivity contribution < 1.29 is 19.4 Å². The third-order valence-electron chi connectivity index (χ3n) is 3.12. The van der Waals surface area contributed by atoms with E-state index in [4.69, 9.17) is 20.3 Å². The maximum atomic E-state index is 12.2. The number of nitrogens with two attached hydrogens (primary N) is 1. The smallest absolute Gasteiger partial charge is 0.360 e. The second-order valence-electron chi connectivity index (χ2n) is 4.22.